The molecule has 1 saturated heterocycles. The van der Waals surface area contributed by atoms with E-state index in [1.165, 1.54) is 0 Å². The van der Waals surface area contributed by atoms with E-state index in [1.807, 2.05) is 9.80 Å². The molecule has 106 valence electrons. The van der Waals surface area contributed by atoms with E-state index in [1.54, 1.807) is 6.92 Å². The van der Waals surface area contributed by atoms with Crippen LogP contribution in [0.15, 0.2) is 0 Å². The first-order chi connectivity index (χ1) is 9.06. The van der Waals surface area contributed by atoms with Crippen molar-refractivity contribution in [1.82, 2.24) is 9.80 Å². The molecule has 0 aliphatic carbocycles. The number of carboxylic acids is 1. The summed E-state index contributed by atoms with van der Waals surface area (Å²) in [5.74, 6) is 1.90. The van der Waals surface area contributed by atoms with Crippen LogP contribution < -0.4 is 0 Å². The molecule has 0 aromatic heterocycles. The van der Waals surface area contributed by atoms with E-state index in [0.29, 0.717) is 32.6 Å². The molecule has 1 rings (SSSR count). The normalized spacial score (nSPS) is 17.8. The quantitative estimate of drug-likeness (QED) is 0.570. The number of rotatable bonds is 6. The summed E-state index contributed by atoms with van der Waals surface area (Å²) < 4.78 is 0. The van der Waals surface area contributed by atoms with E-state index >= 15 is 0 Å². The second-order valence-electron chi connectivity index (χ2n) is 4.84. The standard InChI is InChI=1S/C14H22N2O3/c1-3-4-5-6-7-13(17)16-10-8-15(9-11-16)12(2)14(18)19/h1,12H,4-11H2,2H3,(H,18,19). The average molecular weight is 266 g/mol. The Bertz CT molecular complexity index is 354. The lowest BCUT2D eigenvalue weighted by Gasteiger charge is -2.36. The number of carbonyl (C=O) groups is 2. The van der Waals surface area contributed by atoms with Crippen molar-refractivity contribution in [3.63, 3.8) is 0 Å². The maximum Gasteiger partial charge on any atom is 0.320 e. The predicted molar refractivity (Wildman–Crippen MR) is 72.6 cm³/mol. The number of amides is 1. The first-order valence-electron chi connectivity index (χ1n) is 6.74. The SMILES string of the molecule is C#CCCCCC(=O)N1CCN(C(C)C(=O)O)CC1. The van der Waals surface area contributed by atoms with Gasteiger partial charge in [0.25, 0.3) is 0 Å². The molecule has 0 aromatic rings. The lowest BCUT2D eigenvalue weighted by Crippen LogP contribution is -2.53. The second kappa shape index (κ2) is 7.80. The van der Waals surface area contributed by atoms with E-state index in [9.17, 15) is 9.59 Å². The summed E-state index contributed by atoms with van der Waals surface area (Å²) in [5, 5.41) is 8.94. The number of hydrogen-bond donors (Lipinski definition) is 1. The number of terminal acetylenes is 1. The highest BCUT2D eigenvalue weighted by Crippen LogP contribution is 2.09. The molecule has 1 aliphatic rings. The van der Waals surface area contributed by atoms with Crippen LogP contribution in [0, 0.1) is 12.3 Å². The van der Waals surface area contributed by atoms with Gasteiger partial charge in [0.15, 0.2) is 0 Å². The van der Waals surface area contributed by atoms with E-state index < -0.39 is 12.0 Å². The molecule has 1 N–H and O–H groups in total. The average Bonchev–Trinajstić information content (AvgIpc) is 2.42. The molecule has 5 heteroatoms. The lowest BCUT2D eigenvalue weighted by molar-refractivity contribution is -0.144. The molecule has 0 radical (unpaired) electrons. The largest absolute Gasteiger partial charge is 0.480 e. The first-order valence-corrected chi connectivity index (χ1v) is 6.74. The molecule has 5 nitrogen and oxygen atoms in total. The van der Waals surface area contributed by atoms with Crippen LogP contribution in [0.5, 0.6) is 0 Å². The van der Waals surface area contributed by atoms with Gasteiger partial charge in [0, 0.05) is 39.0 Å². The zero-order valence-electron chi connectivity index (χ0n) is 11.5. The highest BCUT2D eigenvalue weighted by Gasteiger charge is 2.26. The van der Waals surface area contributed by atoms with Crippen LogP contribution >= 0.6 is 0 Å². The molecular formula is C14H22N2O3. The van der Waals surface area contributed by atoms with E-state index in [0.717, 1.165) is 19.3 Å². The van der Waals surface area contributed by atoms with Crippen LogP contribution in [0.2, 0.25) is 0 Å². The summed E-state index contributed by atoms with van der Waals surface area (Å²) in [6.45, 7) is 4.17. The van der Waals surface area contributed by atoms with Crippen molar-refractivity contribution in [2.24, 2.45) is 0 Å². The van der Waals surface area contributed by atoms with Crippen molar-refractivity contribution in [3.8, 4) is 12.3 Å². The molecule has 1 heterocycles. The number of unbranched alkanes of at least 4 members (excludes halogenated alkanes) is 2. The fourth-order valence-corrected chi connectivity index (χ4v) is 2.18. The Labute approximate surface area is 114 Å². The topological polar surface area (TPSA) is 60.9 Å². The molecular weight excluding hydrogens is 244 g/mol. The Hall–Kier alpha value is -1.54. The minimum absolute atomic E-state index is 0.152. The van der Waals surface area contributed by atoms with Gasteiger partial charge in [-0.2, -0.15) is 0 Å². The summed E-state index contributed by atoms with van der Waals surface area (Å²) in [6, 6.07) is -0.479. The Balaban J connectivity index is 2.27. The Morgan fingerprint density at radius 1 is 1.26 bits per heavy atom. The van der Waals surface area contributed by atoms with Gasteiger partial charge < -0.3 is 10.0 Å². The van der Waals surface area contributed by atoms with Gasteiger partial charge in [-0.3, -0.25) is 14.5 Å². The maximum absolute atomic E-state index is 11.9. The molecule has 0 saturated carbocycles. The lowest BCUT2D eigenvalue weighted by atomic mass is 10.1. The highest BCUT2D eigenvalue weighted by molar-refractivity contribution is 5.76. The number of aliphatic carboxylic acids is 1. The number of carboxylic acid groups (broad SMARTS) is 1. The van der Waals surface area contributed by atoms with Crippen molar-refractivity contribution >= 4 is 11.9 Å². The maximum atomic E-state index is 11.9. The number of piperazine rings is 1. The fourth-order valence-electron chi connectivity index (χ4n) is 2.18. The van der Waals surface area contributed by atoms with Crippen molar-refractivity contribution < 1.29 is 14.7 Å². The summed E-state index contributed by atoms with van der Waals surface area (Å²) in [4.78, 5) is 26.5. The fraction of sp³-hybridized carbons (Fsp3) is 0.714. The van der Waals surface area contributed by atoms with Crippen LogP contribution in [-0.2, 0) is 9.59 Å². The summed E-state index contributed by atoms with van der Waals surface area (Å²) in [6.07, 6.45) is 8.13. The van der Waals surface area contributed by atoms with Gasteiger partial charge in [0.2, 0.25) is 5.91 Å². The van der Waals surface area contributed by atoms with E-state index in [4.69, 9.17) is 11.5 Å². The summed E-state index contributed by atoms with van der Waals surface area (Å²) in [5.41, 5.74) is 0. The molecule has 1 fully saturated rings. The van der Waals surface area contributed by atoms with Gasteiger partial charge in [0.05, 0.1) is 0 Å². The molecule has 0 bridgehead atoms. The van der Waals surface area contributed by atoms with Crippen molar-refractivity contribution in [3.05, 3.63) is 0 Å². The third-order valence-corrected chi connectivity index (χ3v) is 3.53. The number of hydrogen-bond acceptors (Lipinski definition) is 3. The third-order valence-electron chi connectivity index (χ3n) is 3.53. The summed E-state index contributed by atoms with van der Waals surface area (Å²) in [7, 11) is 0. The van der Waals surface area contributed by atoms with E-state index in [2.05, 4.69) is 5.92 Å². The molecule has 0 spiro atoms. The minimum Gasteiger partial charge on any atom is -0.480 e. The molecule has 1 atom stereocenters. The van der Waals surface area contributed by atoms with Crippen molar-refractivity contribution in [1.29, 1.82) is 0 Å². The van der Waals surface area contributed by atoms with Crippen molar-refractivity contribution in [2.75, 3.05) is 26.2 Å². The Morgan fingerprint density at radius 3 is 2.42 bits per heavy atom. The van der Waals surface area contributed by atoms with Gasteiger partial charge in [-0.25, -0.2) is 0 Å². The van der Waals surface area contributed by atoms with E-state index in [-0.39, 0.29) is 5.91 Å². The van der Waals surface area contributed by atoms with Gasteiger partial charge in [0.1, 0.15) is 6.04 Å². The molecule has 1 aliphatic heterocycles. The Morgan fingerprint density at radius 2 is 1.89 bits per heavy atom. The molecule has 1 unspecified atom stereocenters. The van der Waals surface area contributed by atoms with Crippen LogP contribution in [-0.4, -0.2) is 59.0 Å². The molecule has 1 amide bonds. The van der Waals surface area contributed by atoms with Crippen LogP contribution in [0.3, 0.4) is 0 Å². The number of carbonyl (C=O) groups excluding carboxylic acids is 1. The van der Waals surface area contributed by atoms with Gasteiger partial charge in [-0.15, -0.1) is 12.3 Å². The third kappa shape index (κ3) is 4.92. The zero-order valence-corrected chi connectivity index (χ0v) is 11.5. The first kappa shape index (κ1) is 15.5. The van der Waals surface area contributed by atoms with Crippen LogP contribution in [0.4, 0.5) is 0 Å². The predicted octanol–water partition coefficient (Wildman–Crippen LogP) is 0.797. The highest BCUT2D eigenvalue weighted by atomic mass is 16.4. The molecule has 19 heavy (non-hydrogen) atoms. The molecule has 0 aromatic carbocycles. The smallest absolute Gasteiger partial charge is 0.320 e. The van der Waals surface area contributed by atoms with Crippen LogP contribution in [0.25, 0.3) is 0 Å². The second-order valence-corrected chi connectivity index (χ2v) is 4.84. The van der Waals surface area contributed by atoms with Gasteiger partial charge >= 0.3 is 5.97 Å². The van der Waals surface area contributed by atoms with Crippen molar-refractivity contribution in [2.45, 2.75) is 38.6 Å². The van der Waals surface area contributed by atoms with Gasteiger partial charge in [-0.05, 0) is 19.8 Å². The number of nitrogens with zero attached hydrogens (tertiary/aromatic N) is 2. The monoisotopic (exact) mass is 266 g/mol. The minimum atomic E-state index is -0.811. The Kier molecular flexibility index (Phi) is 6.37. The van der Waals surface area contributed by atoms with Gasteiger partial charge in [-0.1, -0.05) is 0 Å². The van der Waals surface area contributed by atoms with Crippen LogP contribution in [0.1, 0.15) is 32.6 Å². The zero-order chi connectivity index (χ0) is 14.3. The summed E-state index contributed by atoms with van der Waals surface area (Å²) >= 11 is 0.